The Morgan fingerprint density at radius 2 is 1.38 bits per heavy atom. The highest BCUT2D eigenvalue weighted by molar-refractivity contribution is 7.99. The lowest BCUT2D eigenvalue weighted by atomic mass is 10.1. The van der Waals surface area contributed by atoms with Gasteiger partial charge >= 0.3 is 0 Å². The van der Waals surface area contributed by atoms with Gasteiger partial charge in [0.1, 0.15) is 5.75 Å². The number of carbonyl (C=O) groups is 2. The summed E-state index contributed by atoms with van der Waals surface area (Å²) in [6.07, 6.45) is 0. The van der Waals surface area contributed by atoms with E-state index in [1.165, 1.54) is 16.7 Å². The lowest BCUT2D eigenvalue weighted by Crippen LogP contribution is -2.29. The Hall–Kier alpha value is -2.79. The molecule has 3 aromatic carbocycles. The molecule has 0 fully saturated rings. The topological polar surface area (TPSA) is 57.6 Å². The summed E-state index contributed by atoms with van der Waals surface area (Å²) in [5.74, 6) is -0.0609. The van der Waals surface area contributed by atoms with E-state index in [1.54, 1.807) is 36.4 Å². The maximum atomic E-state index is 12.4. The third kappa shape index (κ3) is 2.25. The predicted molar refractivity (Wildman–Crippen MR) is 93.3 cm³/mol. The molecule has 3 aromatic rings. The van der Waals surface area contributed by atoms with Crippen LogP contribution in [0, 0.1) is 0 Å². The number of phenols is 1. The van der Waals surface area contributed by atoms with Gasteiger partial charge in [-0.2, -0.15) is 0 Å². The molecule has 0 atom stereocenters. The van der Waals surface area contributed by atoms with Crippen molar-refractivity contribution >= 4 is 34.3 Å². The first-order valence-corrected chi connectivity index (χ1v) is 8.44. The van der Waals surface area contributed by atoms with Crippen molar-refractivity contribution in [2.45, 2.75) is 4.90 Å². The van der Waals surface area contributed by atoms with Gasteiger partial charge in [-0.1, -0.05) is 36.4 Å². The summed E-state index contributed by atoms with van der Waals surface area (Å²) in [5, 5.41) is 11.6. The van der Waals surface area contributed by atoms with E-state index in [-0.39, 0.29) is 23.4 Å². The van der Waals surface area contributed by atoms with Gasteiger partial charge < -0.3 is 5.11 Å². The van der Waals surface area contributed by atoms with Crippen molar-refractivity contribution in [1.82, 2.24) is 4.90 Å². The third-order valence-electron chi connectivity index (χ3n) is 4.09. The number of thioether (sulfide) groups is 1. The summed E-state index contributed by atoms with van der Waals surface area (Å²) in [5.41, 5.74) is 0.914. The van der Waals surface area contributed by atoms with Gasteiger partial charge in [-0.3, -0.25) is 14.5 Å². The van der Waals surface area contributed by atoms with Crippen molar-refractivity contribution in [3.05, 3.63) is 71.8 Å². The van der Waals surface area contributed by atoms with Crippen LogP contribution in [0.5, 0.6) is 5.75 Å². The van der Waals surface area contributed by atoms with E-state index in [4.69, 9.17) is 0 Å². The van der Waals surface area contributed by atoms with E-state index < -0.39 is 0 Å². The fraction of sp³-hybridized carbons (Fsp3) is 0.0526. The lowest BCUT2D eigenvalue weighted by molar-refractivity contribution is 0.0684. The first-order chi connectivity index (χ1) is 11.7. The highest BCUT2D eigenvalue weighted by atomic mass is 32.2. The smallest absolute Gasteiger partial charge is 0.262 e. The summed E-state index contributed by atoms with van der Waals surface area (Å²) in [6, 6.07) is 17.8. The normalized spacial score (nSPS) is 13.6. The maximum absolute atomic E-state index is 12.4. The van der Waals surface area contributed by atoms with Crippen molar-refractivity contribution in [2.75, 3.05) is 5.88 Å². The fourth-order valence-electron chi connectivity index (χ4n) is 2.87. The number of carbonyl (C=O) groups excluding carboxylic acids is 2. The van der Waals surface area contributed by atoms with Crippen molar-refractivity contribution in [3.63, 3.8) is 0 Å². The average molecular weight is 335 g/mol. The second-order valence-electron chi connectivity index (χ2n) is 5.49. The van der Waals surface area contributed by atoms with Gasteiger partial charge in [-0.05, 0) is 29.7 Å². The predicted octanol–water partition coefficient (Wildman–Crippen LogP) is 3.89. The van der Waals surface area contributed by atoms with Crippen LogP contribution >= 0.6 is 11.8 Å². The number of amides is 2. The number of hydrogen-bond acceptors (Lipinski definition) is 4. The van der Waals surface area contributed by atoms with E-state index in [9.17, 15) is 14.7 Å². The quantitative estimate of drug-likeness (QED) is 0.583. The third-order valence-corrected chi connectivity index (χ3v) is 5.14. The van der Waals surface area contributed by atoms with Crippen LogP contribution in [0.3, 0.4) is 0 Å². The molecule has 1 heterocycles. The number of fused-ring (bicyclic) bond motifs is 2. The van der Waals surface area contributed by atoms with Gasteiger partial charge in [-0.15, -0.1) is 11.8 Å². The second kappa shape index (κ2) is 5.69. The standard InChI is InChI=1S/C19H13NO3S/c21-16-9-10-17(13-6-2-1-5-12(13)16)24-11-20-18(22)14-7-3-4-8-15(14)19(20)23/h1-10,21H,11H2. The maximum Gasteiger partial charge on any atom is 0.262 e. The molecule has 1 aliphatic rings. The fourth-order valence-corrected chi connectivity index (χ4v) is 3.87. The largest absolute Gasteiger partial charge is 0.507 e. The minimum absolute atomic E-state index is 0.218. The number of aromatic hydroxyl groups is 1. The van der Waals surface area contributed by atoms with Crippen molar-refractivity contribution < 1.29 is 14.7 Å². The summed E-state index contributed by atoms with van der Waals surface area (Å²) < 4.78 is 0. The van der Waals surface area contributed by atoms with Crippen LogP contribution in [-0.4, -0.2) is 27.7 Å². The molecule has 1 aliphatic heterocycles. The summed E-state index contributed by atoms with van der Waals surface area (Å²) in [6.45, 7) is 0. The van der Waals surface area contributed by atoms with Crippen LogP contribution in [-0.2, 0) is 0 Å². The Morgan fingerprint density at radius 1 is 0.792 bits per heavy atom. The highest BCUT2D eigenvalue weighted by Crippen LogP contribution is 2.34. The molecule has 118 valence electrons. The number of rotatable bonds is 3. The van der Waals surface area contributed by atoms with E-state index in [2.05, 4.69) is 0 Å². The van der Waals surface area contributed by atoms with Crippen LogP contribution < -0.4 is 0 Å². The van der Waals surface area contributed by atoms with Crippen LogP contribution in [0.4, 0.5) is 0 Å². The number of imide groups is 1. The second-order valence-corrected chi connectivity index (χ2v) is 6.47. The molecule has 4 nitrogen and oxygen atoms in total. The molecule has 4 rings (SSSR count). The zero-order valence-corrected chi connectivity index (χ0v) is 13.4. The van der Waals surface area contributed by atoms with Gasteiger partial charge in [0.25, 0.3) is 11.8 Å². The van der Waals surface area contributed by atoms with Crippen molar-refractivity contribution in [2.24, 2.45) is 0 Å². The molecule has 0 aromatic heterocycles. The number of benzene rings is 3. The highest BCUT2D eigenvalue weighted by Gasteiger charge is 2.34. The molecular weight excluding hydrogens is 322 g/mol. The van der Waals surface area contributed by atoms with Gasteiger partial charge in [-0.25, -0.2) is 0 Å². The SMILES string of the molecule is O=C1c2ccccc2C(=O)N1CSc1ccc(O)c2ccccc12. The minimum atomic E-state index is -0.258. The van der Waals surface area contributed by atoms with Gasteiger partial charge in [0.2, 0.25) is 0 Å². The van der Waals surface area contributed by atoms with Gasteiger partial charge in [0.05, 0.1) is 17.0 Å². The molecule has 2 amide bonds. The molecule has 0 saturated carbocycles. The lowest BCUT2D eigenvalue weighted by Gasteiger charge is -2.14. The molecule has 0 spiro atoms. The zero-order valence-electron chi connectivity index (χ0n) is 12.6. The molecule has 0 unspecified atom stereocenters. The summed E-state index contributed by atoms with van der Waals surface area (Å²) in [4.78, 5) is 27.0. The Labute approximate surface area is 142 Å². The number of phenolic OH excluding ortho intramolecular Hbond substituents is 1. The Bertz CT molecular complexity index is 948. The molecule has 24 heavy (non-hydrogen) atoms. The van der Waals surface area contributed by atoms with Crippen LogP contribution in [0.2, 0.25) is 0 Å². The number of hydrogen-bond donors (Lipinski definition) is 1. The minimum Gasteiger partial charge on any atom is -0.507 e. The number of nitrogens with zero attached hydrogens (tertiary/aromatic N) is 1. The van der Waals surface area contributed by atoms with E-state index in [0.717, 1.165) is 15.7 Å². The Kier molecular flexibility index (Phi) is 3.50. The van der Waals surface area contributed by atoms with E-state index in [0.29, 0.717) is 11.1 Å². The van der Waals surface area contributed by atoms with Crippen molar-refractivity contribution in [1.29, 1.82) is 0 Å². The average Bonchev–Trinajstić information content (AvgIpc) is 2.86. The molecule has 1 N–H and O–H groups in total. The van der Waals surface area contributed by atoms with Gasteiger partial charge in [0, 0.05) is 10.3 Å². The van der Waals surface area contributed by atoms with E-state index in [1.807, 2.05) is 24.3 Å². The molecule has 0 saturated heterocycles. The Morgan fingerprint density at radius 3 is 2.04 bits per heavy atom. The molecular formula is C19H13NO3S. The Balaban J connectivity index is 1.62. The molecule has 0 bridgehead atoms. The molecule has 5 heteroatoms. The summed E-state index contributed by atoms with van der Waals surface area (Å²) in [7, 11) is 0. The molecule has 0 radical (unpaired) electrons. The van der Waals surface area contributed by atoms with E-state index >= 15 is 0 Å². The zero-order chi connectivity index (χ0) is 16.7. The monoisotopic (exact) mass is 335 g/mol. The van der Waals surface area contributed by atoms with Crippen LogP contribution in [0.15, 0.2) is 65.6 Å². The summed E-state index contributed by atoms with van der Waals surface area (Å²) >= 11 is 1.41. The van der Waals surface area contributed by atoms with Crippen molar-refractivity contribution in [3.8, 4) is 5.75 Å². The first kappa shape index (κ1) is 14.8. The first-order valence-electron chi connectivity index (χ1n) is 7.45. The van der Waals surface area contributed by atoms with Gasteiger partial charge in [0.15, 0.2) is 0 Å². The van der Waals surface area contributed by atoms with Crippen LogP contribution in [0.1, 0.15) is 20.7 Å². The molecule has 0 aliphatic carbocycles. The van der Waals surface area contributed by atoms with Crippen LogP contribution in [0.25, 0.3) is 10.8 Å².